The molecule has 1 amide bonds. The predicted molar refractivity (Wildman–Crippen MR) is 139 cm³/mol. The van der Waals surface area contributed by atoms with E-state index in [2.05, 4.69) is 0 Å². The van der Waals surface area contributed by atoms with Crippen LogP contribution in [0.3, 0.4) is 0 Å². The number of hydrogen-bond donors (Lipinski definition) is 5. The van der Waals surface area contributed by atoms with Crippen molar-refractivity contribution in [3.8, 4) is 17.1 Å². The van der Waals surface area contributed by atoms with E-state index in [1.807, 2.05) is 25.1 Å². The highest BCUT2D eigenvalue weighted by atomic mass is 16.3. The van der Waals surface area contributed by atoms with E-state index < -0.39 is 58.0 Å². The van der Waals surface area contributed by atoms with Gasteiger partial charge in [-0.05, 0) is 70.7 Å². The monoisotopic (exact) mass is 537 g/mol. The van der Waals surface area contributed by atoms with E-state index >= 15 is 0 Å². The van der Waals surface area contributed by atoms with Gasteiger partial charge in [0.2, 0.25) is 5.78 Å². The number of furan rings is 1. The first-order chi connectivity index (χ1) is 18.3. The highest BCUT2D eigenvalue weighted by molar-refractivity contribution is 6.24. The number of benzene rings is 1. The highest BCUT2D eigenvalue weighted by Crippen LogP contribution is 2.53. The van der Waals surface area contributed by atoms with E-state index in [-0.39, 0.29) is 29.7 Å². The maximum Gasteiger partial charge on any atom is 0.255 e. The fraction of sp³-hybridized carbons (Fsp3) is 0.393. The molecule has 11 heteroatoms. The van der Waals surface area contributed by atoms with Gasteiger partial charge in [-0.2, -0.15) is 0 Å². The molecule has 1 aromatic carbocycles. The van der Waals surface area contributed by atoms with Gasteiger partial charge in [0.05, 0.1) is 17.9 Å². The summed E-state index contributed by atoms with van der Waals surface area (Å²) in [4.78, 5) is 42.9. The van der Waals surface area contributed by atoms with Crippen LogP contribution in [-0.2, 0) is 22.6 Å². The molecule has 4 atom stereocenters. The molecule has 206 valence electrons. The van der Waals surface area contributed by atoms with Gasteiger partial charge in [-0.25, -0.2) is 0 Å². The van der Waals surface area contributed by atoms with Crippen LogP contribution in [0.25, 0.3) is 11.3 Å². The molecule has 39 heavy (non-hydrogen) atoms. The van der Waals surface area contributed by atoms with Crippen molar-refractivity contribution in [3.63, 3.8) is 0 Å². The molecule has 2 aromatic rings. The van der Waals surface area contributed by atoms with E-state index in [9.17, 15) is 34.8 Å². The molecule has 0 saturated carbocycles. The summed E-state index contributed by atoms with van der Waals surface area (Å²) in [5, 5.41) is 44.8. The lowest BCUT2D eigenvalue weighted by Gasteiger charge is -2.50. The van der Waals surface area contributed by atoms with Gasteiger partial charge < -0.3 is 35.5 Å². The predicted octanol–water partition coefficient (Wildman–Crippen LogP) is 1.44. The summed E-state index contributed by atoms with van der Waals surface area (Å²) in [6.07, 6.45) is 1.75. The molecular formula is C28H31N3O8. The number of aromatic hydroxyl groups is 1. The molecule has 3 aliphatic carbocycles. The first-order valence-electron chi connectivity index (χ1n) is 12.5. The first-order valence-corrected chi connectivity index (χ1v) is 12.5. The largest absolute Gasteiger partial charge is 0.510 e. The lowest BCUT2D eigenvalue weighted by Crippen LogP contribution is -2.63. The van der Waals surface area contributed by atoms with Crippen molar-refractivity contribution in [2.75, 3.05) is 28.2 Å². The van der Waals surface area contributed by atoms with Crippen LogP contribution >= 0.6 is 0 Å². The SMILES string of the molecule is CN(C)Cc1ccoc1-c1ccc(O)c2c1C[C@H]1C[C@H]3[C@@H](N(C)C)C(O)=C(C(N)=O)C(=O)[C@@]3(O)C(O)=C1C2=O. The summed E-state index contributed by atoms with van der Waals surface area (Å²) in [5.74, 6) is -6.27. The Morgan fingerprint density at radius 2 is 1.82 bits per heavy atom. The van der Waals surface area contributed by atoms with Crippen molar-refractivity contribution < 1.29 is 39.2 Å². The molecule has 0 radical (unpaired) electrons. The minimum atomic E-state index is -2.67. The number of ketones is 2. The molecule has 6 N–H and O–H groups in total. The number of amides is 1. The summed E-state index contributed by atoms with van der Waals surface area (Å²) >= 11 is 0. The third-order valence-corrected chi connectivity index (χ3v) is 8.08. The Morgan fingerprint density at radius 1 is 1.13 bits per heavy atom. The number of likely N-dealkylation sites (N-methyl/N-ethyl adjacent to an activating group) is 1. The van der Waals surface area contributed by atoms with Crippen molar-refractivity contribution in [1.29, 1.82) is 0 Å². The molecule has 3 aliphatic rings. The average Bonchev–Trinajstić information content (AvgIpc) is 3.28. The van der Waals surface area contributed by atoms with Crippen molar-refractivity contribution in [2.24, 2.45) is 17.6 Å². The van der Waals surface area contributed by atoms with Gasteiger partial charge in [0.1, 0.15) is 28.6 Å². The van der Waals surface area contributed by atoms with Gasteiger partial charge in [-0.3, -0.25) is 19.3 Å². The number of aliphatic hydroxyl groups is 3. The van der Waals surface area contributed by atoms with E-state index in [0.717, 1.165) is 5.56 Å². The third-order valence-electron chi connectivity index (χ3n) is 8.08. The topological polar surface area (TPSA) is 178 Å². The second kappa shape index (κ2) is 9.08. The number of carbonyl (C=O) groups is 3. The van der Waals surface area contributed by atoms with E-state index in [1.165, 1.54) is 11.0 Å². The number of phenolic OH excluding ortho intramolecular Hbond substituents is 1. The van der Waals surface area contributed by atoms with Crippen LogP contribution in [0.4, 0.5) is 0 Å². The van der Waals surface area contributed by atoms with Gasteiger partial charge >= 0.3 is 0 Å². The number of carbonyl (C=O) groups excluding carboxylic acids is 3. The van der Waals surface area contributed by atoms with Gasteiger partial charge in [-0.1, -0.05) is 0 Å². The van der Waals surface area contributed by atoms with E-state index in [0.29, 0.717) is 23.4 Å². The third kappa shape index (κ3) is 3.72. The number of primary amides is 1. The molecular weight excluding hydrogens is 506 g/mol. The molecule has 5 rings (SSSR count). The maximum atomic E-state index is 13.9. The Labute approximate surface area is 224 Å². The standard InChI is InChI=1S/C28H31N3O8/c1-30(2)11-12-7-8-39-24(12)14-5-6-17(32)19-15(14)9-13-10-16-21(31(3)4)23(34)20(27(29)37)26(36)28(16,38)25(35)18(13)22(19)33/h5-8,13,16,21,32,34-35,38H,9-11H2,1-4H3,(H2,29,37)/t13-,16-,21+,28-/m0/s1. The number of fused-ring (bicyclic) bond motifs is 3. The van der Waals surface area contributed by atoms with Crippen molar-refractivity contribution >= 4 is 17.5 Å². The summed E-state index contributed by atoms with van der Waals surface area (Å²) in [6.45, 7) is 0.570. The summed E-state index contributed by atoms with van der Waals surface area (Å²) < 4.78 is 5.81. The summed E-state index contributed by atoms with van der Waals surface area (Å²) in [7, 11) is 7.00. The van der Waals surface area contributed by atoms with Gasteiger partial charge in [0.25, 0.3) is 5.91 Å². The molecule has 1 aromatic heterocycles. The maximum absolute atomic E-state index is 13.9. The molecule has 0 saturated heterocycles. The second-order valence-corrected chi connectivity index (χ2v) is 11.0. The van der Waals surface area contributed by atoms with Gasteiger partial charge in [-0.15, -0.1) is 0 Å². The number of phenols is 1. The Morgan fingerprint density at radius 3 is 2.44 bits per heavy atom. The molecule has 0 bridgehead atoms. The van der Waals surface area contributed by atoms with Crippen molar-refractivity contribution in [2.45, 2.75) is 31.0 Å². The number of aliphatic hydroxyl groups excluding tert-OH is 2. The fourth-order valence-electron chi connectivity index (χ4n) is 6.50. The minimum absolute atomic E-state index is 0.0174. The van der Waals surface area contributed by atoms with Crippen molar-refractivity contribution in [3.05, 3.63) is 63.8 Å². The van der Waals surface area contributed by atoms with E-state index in [1.54, 1.807) is 26.4 Å². The zero-order valence-corrected chi connectivity index (χ0v) is 22.1. The Bertz CT molecular complexity index is 1480. The van der Waals surface area contributed by atoms with Gasteiger partial charge in [0, 0.05) is 29.2 Å². The lowest BCUT2D eigenvalue weighted by molar-refractivity contribution is -0.148. The quantitative estimate of drug-likeness (QED) is 0.351. The first kappa shape index (κ1) is 26.7. The lowest BCUT2D eigenvalue weighted by atomic mass is 9.58. The minimum Gasteiger partial charge on any atom is -0.510 e. The number of nitrogens with zero attached hydrogens (tertiary/aromatic N) is 2. The average molecular weight is 538 g/mol. The van der Waals surface area contributed by atoms with Crippen molar-refractivity contribution in [1.82, 2.24) is 9.80 Å². The van der Waals surface area contributed by atoms with Crippen LogP contribution in [0.1, 0.15) is 27.9 Å². The zero-order chi connectivity index (χ0) is 28.5. The highest BCUT2D eigenvalue weighted by Gasteiger charge is 2.63. The normalized spacial score (nSPS) is 26.7. The van der Waals surface area contributed by atoms with Gasteiger partial charge in [0.15, 0.2) is 11.4 Å². The number of hydrogen-bond acceptors (Lipinski definition) is 10. The Balaban J connectivity index is 1.71. The molecule has 0 aliphatic heterocycles. The van der Waals surface area contributed by atoms with Crippen LogP contribution < -0.4 is 5.73 Å². The fourth-order valence-corrected chi connectivity index (χ4v) is 6.50. The molecule has 1 heterocycles. The molecule has 0 spiro atoms. The number of nitrogens with two attached hydrogens (primary N) is 1. The number of Topliss-reactive ketones (excluding diaryl/α,β-unsaturated/α-hetero) is 2. The van der Waals surface area contributed by atoms with Crippen LogP contribution in [0.5, 0.6) is 5.75 Å². The van der Waals surface area contributed by atoms with Crippen LogP contribution in [0.2, 0.25) is 0 Å². The zero-order valence-electron chi connectivity index (χ0n) is 22.1. The summed E-state index contributed by atoms with van der Waals surface area (Å²) in [5.41, 5.74) is 3.62. The number of rotatable bonds is 5. The molecule has 11 nitrogen and oxygen atoms in total. The summed E-state index contributed by atoms with van der Waals surface area (Å²) in [6, 6.07) is 3.83. The van der Waals surface area contributed by atoms with Crippen LogP contribution in [0, 0.1) is 11.8 Å². The molecule has 0 unspecified atom stereocenters. The second-order valence-electron chi connectivity index (χ2n) is 11.0. The molecule has 0 fully saturated rings. The van der Waals surface area contributed by atoms with E-state index in [4.69, 9.17) is 10.2 Å². The van der Waals surface area contributed by atoms with Crippen LogP contribution in [0.15, 0.2) is 51.5 Å². The Hall–Kier alpha value is -3.93. The van der Waals surface area contributed by atoms with Crippen LogP contribution in [-0.4, -0.2) is 87.5 Å². The number of allylic oxidation sites excluding steroid dienone is 1. The Kier molecular flexibility index (Phi) is 6.21. The smallest absolute Gasteiger partial charge is 0.255 e.